The molecule has 138 valence electrons. The van der Waals surface area contributed by atoms with E-state index in [-0.39, 0.29) is 18.2 Å². The van der Waals surface area contributed by atoms with Gasteiger partial charge in [-0.15, -0.1) is 0 Å². The van der Waals surface area contributed by atoms with E-state index in [0.29, 0.717) is 28.6 Å². The highest BCUT2D eigenvalue weighted by Gasteiger charge is 2.12. The third-order valence-corrected chi connectivity index (χ3v) is 3.61. The number of benzene rings is 2. The van der Waals surface area contributed by atoms with Crippen molar-refractivity contribution in [2.24, 2.45) is 0 Å². The molecule has 2 rings (SSSR count). The van der Waals surface area contributed by atoms with Crippen LogP contribution in [0.15, 0.2) is 36.4 Å². The minimum Gasteiger partial charge on any atom is -0.495 e. The molecule has 0 aromatic heterocycles. The van der Waals surface area contributed by atoms with Crippen LogP contribution in [0.25, 0.3) is 0 Å². The van der Waals surface area contributed by atoms with Gasteiger partial charge in [0.2, 0.25) is 11.8 Å². The zero-order valence-electron chi connectivity index (χ0n) is 15.2. The number of amides is 2. The lowest BCUT2D eigenvalue weighted by Gasteiger charge is -2.13. The summed E-state index contributed by atoms with van der Waals surface area (Å²) in [5, 5.41) is 5.47. The molecule has 0 bridgehead atoms. The first kappa shape index (κ1) is 19.1. The molecule has 2 amide bonds. The molecule has 2 aromatic rings. The first-order chi connectivity index (χ1) is 12.5. The fourth-order valence-electron chi connectivity index (χ4n) is 2.46. The number of hydrogen-bond acceptors (Lipinski definition) is 5. The fraction of sp³-hybridized carbons (Fsp3) is 0.263. The molecule has 0 heterocycles. The molecule has 0 aliphatic rings. The molecule has 7 nitrogen and oxygen atoms in total. The molecule has 0 saturated carbocycles. The zero-order valence-corrected chi connectivity index (χ0v) is 15.2. The lowest BCUT2D eigenvalue weighted by Crippen LogP contribution is -2.15. The largest absolute Gasteiger partial charge is 0.495 e. The van der Waals surface area contributed by atoms with Crippen LogP contribution in [0.1, 0.15) is 12.5 Å². The van der Waals surface area contributed by atoms with Gasteiger partial charge in [-0.1, -0.05) is 6.07 Å². The summed E-state index contributed by atoms with van der Waals surface area (Å²) in [5.41, 5.74) is 1.82. The Morgan fingerprint density at radius 1 is 0.846 bits per heavy atom. The second-order valence-electron chi connectivity index (χ2n) is 5.51. The Kier molecular flexibility index (Phi) is 6.43. The lowest BCUT2D eigenvalue weighted by molar-refractivity contribution is -0.116. The Morgan fingerprint density at radius 3 is 2.12 bits per heavy atom. The first-order valence-corrected chi connectivity index (χ1v) is 7.93. The number of methoxy groups -OCH3 is 3. The van der Waals surface area contributed by atoms with Gasteiger partial charge in [0.25, 0.3) is 0 Å². The second-order valence-corrected chi connectivity index (χ2v) is 5.51. The quantitative estimate of drug-likeness (QED) is 0.795. The molecule has 2 N–H and O–H groups in total. The van der Waals surface area contributed by atoms with Gasteiger partial charge in [-0.3, -0.25) is 9.59 Å². The van der Waals surface area contributed by atoms with Gasteiger partial charge in [0.1, 0.15) is 5.75 Å². The van der Waals surface area contributed by atoms with Crippen molar-refractivity contribution >= 4 is 23.2 Å². The van der Waals surface area contributed by atoms with E-state index in [9.17, 15) is 9.59 Å². The minimum absolute atomic E-state index is 0.147. The minimum atomic E-state index is -0.226. The van der Waals surface area contributed by atoms with Crippen LogP contribution in [0.5, 0.6) is 17.2 Å². The standard InChI is InChI=1S/C19H22N2O5/c1-12(22)20-14-6-8-16(24-2)15(11-14)21-19(23)10-13-5-7-17(25-3)18(9-13)26-4/h5-9,11H,10H2,1-4H3,(H,20,22)(H,21,23). The molecule has 0 spiro atoms. The maximum Gasteiger partial charge on any atom is 0.228 e. The predicted molar refractivity (Wildman–Crippen MR) is 99.2 cm³/mol. The number of carbonyl (C=O) groups is 2. The van der Waals surface area contributed by atoms with Crippen molar-refractivity contribution in [1.29, 1.82) is 0 Å². The Balaban J connectivity index is 2.15. The first-order valence-electron chi connectivity index (χ1n) is 7.93. The van der Waals surface area contributed by atoms with E-state index in [4.69, 9.17) is 14.2 Å². The molecular formula is C19H22N2O5. The van der Waals surface area contributed by atoms with E-state index in [2.05, 4.69) is 10.6 Å². The van der Waals surface area contributed by atoms with Crippen LogP contribution in [0.2, 0.25) is 0 Å². The lowest BCUT2D eigenvalue weighted by atomic mass is 10.1. The Morgan fingerprint density at radius 2 is 1.50 bits per heavy atom. The van der Waals surface area contributed by atoms with E-state index in [0.717, 1.165) is 5.56 Å². The SMILES string of the molecule is COc1ccc(NC(C)=O)cc1NC(=O)Cc1ccc(OC)c(OC)c1. The summed E-state index contributed by atoms with van der Waals surface area (Å²) in [4.78, 5) is 23.6. The molecule has 0 unspecified atom stereocenters. The molecular weight excluding hydrogens is 336 g/mol. The molecule has 0 radical (unpaired) electrons. The highest BCUT2D eigenvalue weighted by molar-refractivity contribution is 5.95. The van der Waals surface area contributed by atoms with Gasteiger partial charge in [0.05, 0.1) is 33.4 Å². The monoisotopic (exact) mass is 358 g/mol. The van der Waals surface area contributed by atoms with Gasteiger partial charge in [-0.05, 0) is 35.9 Å². The smallest absolute Gasteiger partial charge is 0.228 e. The van der Waals surface area contributed by atoms with E-state index in [1.807, 2.05) is 0 Å². The number of ether oxygens (including phenoxy) is 3. The Hall–Kier alpha value is -3.22. The van der Waals surface area contributed by atoms with Gasteiger partial charge in [0.15, 0.2) is 11.5 Å². The van der Waals surface area contributed by atoms with Crippen molar-refractivity contribution in [1.82, 2.24) is 0 Å². The average Bonchev–Trinajstić information content (AvgIpc) is 2.61. The molecule has 0 saturated heterocycles. The molecule has 0 aliphatic carbocycles. The van der Waals surface area contributed by atoms with E-state index >= 15 is 0 Å². The Labute approximate surface area is 152 Å². The fourth-order valence-corrected chi connectivity index (χ4v) is 2.46. The number of hydrogen-bond donors (Lipinski definition) is 2. The van der Waals surface area contributed by atoms with Crippen molar-refractivity contribution < 1.29 is 23.8 Å². The second kappa shape index (κ2) is 8.75. The molecule has 0 fully saturated rings. The summed E-state index contributed by atoms with van der Waals surface area (Å²) in [5.74, 6) is 1.23. The average molecular weight is 358 g/mol. The van der Waals surface area contributed by atoms with E-state index in [1.54, 1.807) is 50.6 Å². The highest BCUT2D eigenvalue weighted by atomic mass is 16.5. The maximum absolute atomic E-state index is 12.4. The van der Waals surface area contributed by atoms with Crippen LogP contribution >= 0.6 is 0 Å². The third-order valence-electron chi connectivity index (χ3n) is 3.61. The number of carbonyl (C=O) groups excluding carboxylic acids is 2. The molecule has 2 aromatic carbocycles. The van der Waals surface area contributed by atoms with Crippen LogP contribution in [-0.4, -0.2) is 33.1 Å². The zero-order chi connectivity index (χ0) is 19.1. The van der Waals surface area contributed by atoms with Crippen LogP contribution in [0, 0.1) is 0 Å². The highest BCUT2D eigenvalue weighted by Crippen LogP contribution is 2.29. The summed E-state index contributed by atoms with van der Waals surface area (Å²) in [7, 11) is 4.61. The van der Waals surface area contributed by atoms with Crippen LogP contribution in [0.4, 0.5) is 11.4 Å². The summed E-state index contributed by atoms with van der Waals surface area (Å²) >= 11 is 0. The number of nitrogens with one attached hydrogen (secondary N) is 2. The number of rotatable bonds is 7. The van der Waals surface area contributed by atoms with Gasteiger partial charge in [-0.25, -0.2) is 0 Å². The molecule has 7 heteroatoms. The van der Waals surface area contributed by atoms with E-state index in [1.165, 1.54) is 14.0 Å². The Bertz CT molecular complexity index is 805. The predicted octanol–water partition coefficient (Wildman–Crippen LogP) is 2.85. The summed E-state index contributed by atoms with van der Waals surface area (Å²) < 4.78 is 15.7. The van der Waals surface area contributed by atoms with Crippen molar-refractivity contribution in [3.8, 4) is 17.2 Å². The third kappa shape index (κ3) is 4.89. The van der Waals surface area contributed by atoms with Crippen molar-refractivity contribution in [2.75, 3.05) is 32.0 Å². The van der Waals surface area contributed by atoms with Crippen molar-refractivity contribution in [3.63, 3.8) is 0 Å². The van der Waals surface area contributed by atoms with Crippen LogP contribution < -0.4 is 24.8 Å². The van der Waals surface area contributed by atoms with E-state index < -0.39 is 0 Å². The summed E-state index contributed by atoms with van der Waals surface area (Å²) in [6, 6.07) is 10.3. The molecule has 0 atom stereocenters. The maximum atomic E-state index is 12.4. The number of anilines is 2. The summed E-state index contributed by atoms with van der Waals surface area (Å²) in [6.07, 6.45) is 0.147. The van der Waals surface area contributed by atoms with Gasteiger partial charge in [0, 0.05) is 12.6 Å². The van der Waals surface area contributed by atoms with Crippen molar-refractivity contribution in [3.05, 3.63) is 42.0 Å². The van der Waals surface area contributed by atoms with Crippen LogP contribution in [0.3, 0.4) is 0 Å². The van der Waals surface area contributed by atoms with Gasteiger partial charge < -0.3 is 24.8 Å². The van der Waals surface area contributed by atoms with Gasteiger partial charge >= 0.3 is 0 Å². The topological polar surface area (TPSA) is 85.9 Å². The molecule has 0 aliphatic heterocycles. The summed E-state index contributed by atoms with van der Waals surface area (Å²) in [6.45, 7) is 1.42. The molecule has 26 heavy (non-hydrogen) atoms. The normalized spacial score (nSPS) is 10.0. The van der Waals surface area contributed by atoms with Gasteiger partial charge in [-0.2, -0.15) is 0 Å². The van der Waals surface area contributed by atoms with Crippen molar-refractivity contribution in [2.45, 2.75) is 13.3 Å². The van der Waals surface area contributed by atoms with Crippen LogP contribution in [-0.2, 0) is 16.0 Å².